The highest BCUT2D eigenvalue weighted by Gasteiger charge is 2.27. The molecule has 1 fully saturated rings. The molecule has 1 aliphatic heterocycles. The van der Waals surface area contributed by atoms with Crippen molar-refractivity contribution in [3.63, 3.8) is 0 Å². The summed E-state index contributed by atoms with van der Waals surface area (Å²) in [4.78, 5) is 13.6. The molecule has 0 aromatic carbocycles. The van der Waals surface area contributed by atoms with Crippen LogP contribution in [-0.2, 0) is 18.4 Å². The molecule has 2 heterocycles. The molecule has 4 nitrogen and oxygen atoms in total. The van der Waals surface area contributed by atoms with Gasteiger partial charge in [-0.2, -0.15) is 5.10 Å². The van der Waals surface area contributed by atoms with E-state index >= 15 is 0 Å². The van der Waals surface area contributed by atoms with Gasteiger partial charge in [-0.1, -0.05) is 11.6 Å². The van der Waals surface area contributed by atoms with Crippen molar-refractivity contribution in [1.82, 2.24) is 14.7 Å². The summed E-state index contributed by atoms with van der Waals surface area (Å²) in [6, 6.07) is 0.373. The van der Waals surface area contributed by atoms with Crippen molar-refractivity contribution >= 4 is 17.4 Å². The van der Waals surface area contributed by atoms with Crippen molar-refractivity contribution in [1.29, 1.82) is 0 Å². The summed E-state index contributed by atoms with van der Waals surface area (Å²) in [5.74, 6) is 0.265. The van der Waals surface area contributed by atoms with Gasteiger partial charge in [-0.3, -0.25) is 14.4 Å². The molecule has 1 aliphatic rings. The smallest absolute Gasteiger partial charge is 0.131 e. The Hall–Kier alpha value is -0.870. The van der Waals surface area contributed by atoms with Crippen LogP contribution >= 0.6 is 11.6 Å². The Balaban J connectivity index is 2.10. The minimum absolute atomic E-state index is 0.265. The number of likely N-dealkylation sites (tertiary alicyclic amines) is 1. The Bertz CT molecular complexity index is 455. The summed E-state index contributed by atoms with van der Waals surface area (Å²) < 4.78 is 1.71. The first-order chi connectivity index (χ1) is 8.49. The molecule has 18 heavy (non-hydrogen) atoms. The van der Waals surface area contributed by atoms with Crippen LogP contribution in [0.1, 0.15) is 37.4 Å². The molecule has 0 saturated carbocycles. The molecule has 0 bridgehead atoms. The largest absolute Gasteiger partial charge is 0.300 e. The summed E-state index contributed by atoms with van der Waals surface area (Å²) in [6.07, 6.45) is 2.92. The van der Waals surface area contributed by atoms with Gasteiger partial charge in [0.25, 0.3) is 0 Å². The minimum atomic E-state index is 0.265. The number of aromatic nitrogens is 2. The second kappa shape index (κ2) is 5.41. The Morgan fingerprint density at radius 1 is 1.56 bits per heavy atom. The van der Waals surface area contributed by atoms with E-state index in [2.05, 4.69) is 10.00 Å². The number of ketones is 1. The van der Waals surface area contributed by atoms with Gasteiger partial charge in [-0.05, 0) is 33.2 Å². The van der Waals surface area contributed by atoms with E-state index < -0.39 is 0 Å². The maximum Gasteiger partial charge on any atom is 0.131 e. The van der Waals surface area contributed by atoms with E-state index in [-0.39, 0.29) is 5.78 Å². The molecule has 0 aliphatic carbocycles. The normalized spacial score (nSPS) is 20.6. The van der Waals surface area contributed by atoms with Crippen LogP contribution in [0.2, 0.25) is 5.15 Å². The quantitative estimate of drug-likeness (QED) is 0.842. The molecular formula is C13H20ClN3O. The number of Topliss-reactive ketones (excluding diaryl/α,β-unsaturated/α-hetero) is 1. The van der Waals surface area contributed by atoms with Crippen molar-refractivity contribution in [2.24, 2.45) is 7.05 Å². The van der Waals surface area contributed by atoms with Gasteiger partial charge in [0.1, 0.15) is 10.9 Å². The molecule has 1 atom stereocenters. The van der Waals surface area contributed by atoms with Crippen LogP contribution in [0, 0.1) is 6.92 Å². The van der Waals surface area contributed by atoms with Gasteiger partial charge in [0, 0.05) is 31.6 Å². The van der Waals surface area contributed by atoms with E-state index in [1.165, 1.54) is 0 Å². The first-order valence-corrected chi connectivity index (χ1v) is 6.78. The van der Waals surface area contributed by atoms with Gasteiger partial charge in [0.05, 0.1) is 5.69 Å². The Labute approximate surface area is 113 Å². The fraction of sp³-hybridized carbons (Fsp3) is 0.692. The number of hydrogen-bond acceptors (Lipinski definition) is 3. The molecule has 0 N–H and O–H groups in total. The number of nitrogens with zero attached hydrogens (tertiary/aromatic N) is 3. The second-order valence-corrected chi connectivity index (χ2v) is 5.51. The third-order valence-electron chi connectivity index (χ3n) is 3.65. The van der Waals surface area contributed by atoms with Crippen LogP contribution in [0.3, 0.4) is 0 Å². The first-order valence-electron chi connectivity index (χ1n) is 6.40. The molecule has 0 spiro atoms. The molecular weight excluding hydrogens is 250 g/mol. The highest BCUT2D eigenvalue weighted by Crippen LogP contribution is 2.26. The molecule has 1 unspecified atom stereocenters. The third kappa shape index (κ3) is 2.75. The van der Waals surface area contributed by atoms with Crippen LogP contribution in [-0.4, -0.2) is 33.1 Å². The zero-order chi connectivity index (χ0) is 13.3. The lowest BCUT2D eigenvalue weighted by Gasteiger charge is -2.23. The highest BCUT2D eigenvalue weighted by atomic mass is 35.5. The van der Waals surface area contributed by atoms with Crippen LogP contribution < -0.4 is 0 Å². The molecule has 100 valence electrons. The Kier molecular flexibility index (Phi) is 4.07. The lowest BCUT2D eigenvalue weighted by molar-refractivity contribution is -0.118. The van der Waals surface area contributed by atoms with E-state index in [4.69, 9.17) is 11.6 Å². The van der Waals surface area contributed by atoms with Crippen LogP contribution in [0.5, 0.6) is 0 Å². The number of hydrogen-bond donors (Lipinski definition) is 0. The fourth-order valence-corrected chi connectivity index (χ4v) is 2.96. The lowest BCUT2D eigenvalue weighted by atomic mass is 10.1. The van der Waals surface area contributed by atoms with Gasteiger partial charge >= 0.3 is 0 Å². The first kappa shape index (κ1) is 13.6. The topological polar surface area (TPSA) is 38.1 Å². The zero-order valence-electron chi connectivity index (χ0n) is 11.2. The Morgan fingerprint density at radius 2 is 2.28 bits per heavy atom. The van der Waals surface area contributed by atoms with E-state index in [9.17, 15) is 4.79 Å². The van der Waals surface area contributed by atoms with Gasteiger partial charge in [0.2, 0.25) is 0 Å². The SMILES string of the molecule is CC(=O)CC1CCCN1Cc1c(C)nn(C)c1Cl. The van der Waals surface area contributed by atoms with Crippen molar-refractivity contribution in [3.8, 4) is 0 Å². The zero-order valence-corrected chi connectivity index (χ0v) is 12.0. The standard InChI is InChI=1S/C13H20ClN3O/c1-9(18)7-11-5-4-6-17(11)8-12-10(2)15-16(3)13(12)14/h11H,4-8H2,1-3H3. The number of carbonyl (C=O) groups is 1. The molecule has 1 aromatic rings. The maximum atomic E-state index is 11.3. The van der Waals surface area contributed by atoms with Crippen LogP contribution in [0.15, 0.2) is 0 Å². The summed E-state index contributed by atoms with van der Waals surface area (Å²) in [7, 11) is 1.86. The molecule has 0 radical (unpaired) electrons. The van der Waals surface area contributed by atoms with Gasteiger partial charge in [0.15, 0.2) is 0 Å². The average molecular weight is 270 g/mol. The summed E-state index contributed by atoms with van der Waals surface area (Å²) in [5.41, 5.74) is 2.07. The monoisotopic (exact) mass is 269 g/mol. The summed E-state index contributed by atoms with van der Waals surface area (Å²) in [5, 5.41) is 5.04. The van der Waals surface area contributed by atoms with Gasteiger partial charge in [-0.15, -0.1) is 0 Å². The Morgan fingerprint density at radius 3 is 2.83 bits per heavy atom. The number of aryl methyl sites for hydroxylation is 2. The van der Waals surface area contributed by atoms with E-state index in [1.807, 2.05) is 14.0 Å². The van der Waals surface area contributed by atoms with Crippen molar-refractivity contribution in [3.05, 3.63) is 16.4 Å². The molecule has 2 rings (SSSR count). The number of rotatable bonds is 4. The van der Waals surface area contributed by atoms with Gasteiger partial charge in [-0.25, -0.2) is 0 Å². The minimum Gasteiger partial charge on any atom is -0.300 e. The second-order valence-electron chi connectivity index (χ2n) is 5.15. The predicted molar refractivity (Wildman–Crippen MR) is 71.7 cm³/mol. The third-order valence-corrected chi connectivity index (χ3v) is 4.13. The lowest BCUT2D eigenvalue weighted by Crippen LogP contribution is -2.30. The van der Waals surface area contributed by atoms with Crippen LogP contribution in [0.4, 0.5) is 0 Å². The van der Waals surface area contributed by atoms with E-state index in [0.717, 1.165) is 37.2 Å². The number of halogens is 1. The van der Waals surface area contributed by atoms with E-state index in [1.54, 1.807) is 11.6 Å². The van der Waals surface area contributed by atoms with Crippen LogP contribution in [0.25, 0.3) is 0 Å². The van der Waals surface area contributed by atoms with Crippen molar-refractivity contribution in [2.45, 2.75) is 45.7 Å². The summed E-state index contributed by atoms with van der Waals surface area (Å²) in [6.45, 7) is 5.50. The molecule has 5 heteroatoms. The van der Waals surface area contributed by atoms with Crippen molar-refractivity contribution < 1.29 is 4.79 Å². The molecule has 1 saturated heterocycles. The van der Waals surface area contributed by atoms with E-state index in [0.29, 0.717) is 17.6 Å². The predicted octanol–water partition coefficient (Wildman–Crippen LogP) is 2.33. The number of carbonyl (C=O) groups excluding carboxylic acids is 1. The molecule has 0 amide bonds. The maximum absolute atomic E-state index is 11.3. The highest BCUT2D eigenvalue weighted by molar-refractivity contribution is 6.30. The average Bonchev–Trinajstić information content (AvgIpc) is 2.79. The fourth-order valence-electron chi connectivity index (χ4n) is 2.72. The van der Waals surface area contributed by atoms with Crippen molar-refractivity contribution in [2.75, 3.05) is 6.54 Å². The summed E-state index contributed by atoms with van der Waals surface area (Å²) >= 11 is 6.25. The molecule has 1 aromatic heterocycles. The van der Waals surface area contributed by atoms with Gasteiger partial charge < -0.3 is 0 Å².